The minimum atomic E-state index is -0.876. The number of urea groups is 1. The lowest BCUT2D eigenvalue weighted by molar-refractivity contribution is -0.135. The molecule has 2 aliphatic heterocycles. The number of imide groups is 1. The minimum absolute atomic E-state index is 0.128. The SMILES string of the molecule is Cc1ccc(C(CNC(=O)CN2C(=O)NC(C)(C3CC3)C2=O)N2CCOCC2)o1. The molecular weight excluding hydrogens is 376 g/mol. The third kappa shape index (κ3) is 4.02. The van der Waals surface area contributed by atoms with E-state index < -0.39 is 11.6 Å². The second-order valence-corrected chi connectivity index (χ2v) is 8.21. The van der Waals surface area contributed by atoms with Gasteiger partial charge in [-0.25, -0.2) is 4.79 Å². The molecular formula is C20H28N4O5. The maximum absolute atomic E-state index is 12.7. The van der Waals surface area contributed by atoms with Crippen LogP contribution in [0, 0.1) is 12.8 Å². The molecule has 3 aliphatic rings. The van der Waals surface area contributed by atoms with Crippen molar-refractivity contribution in [2.75, 3.05) is 39.4 Å². The third-order valence-corrected chi connectivity index (χ3v) is 6.07. The molecule has 3 fully saturated rings. The van der Waals surface area contributed by atoms with Crippen LogP contribution in [0.3, 0.4) is 0 Å². The quantitative estimate of drug-likeness (QED) is 0.652. The summed E-state index contributed by atoms with van der Waals surface area (Å²) in [4.78, 5) is 40.7. The van der Waals surface area contributed by atoms with Crippen molar-refractivity contribution in [3.05, 3.63) is 23.7 Å². The second-order valence-electron chi connectivity index (χ2n) is 8.21. The Kier molecular flexibility index (Phi) is 5.35. The molecule has 1 aromatic rings. The summed E-state index contributed by atoms with van der Waals surface area (Å²) in [6, 6.07) is 3.19. The molecule has 29 heavy (non-hydrogen) atoms. The van der Waals surface area contributed by atoms with Gasteiger partial charge in [-0.15, -0.1) is 0 Å². The molecule has 2 atom stereocenters. The van der Waals surface area contributed by atoms with Crippen LogP contribution in [-0.2, 0) is 14.3 Å². The van der Waals surface area contributed by atoms with Crippen LogP contribution in [0.5, 0.6) is 0 Å². The number of aryl methyl sites for hydroxylation is 1. The van der Waals surface area contributed by atoms with Gasteiger partial charge in [-0.05, 0) is 44.7 Å². The van der Waals surface area contributed by atoms with Crippen molar-refractivity contribution >= 4 is 17.8 Å². The van der Waals surface area contributed by atoms with Crippen molar-refractivity contribution in [1.82, 2.24) is 20.4 Å². The van der Waals surface area contributed by atoms with E-state index in [-0.39, 0.29) is 30.3 Å². The molecule has 9 nitrogen and oxygen atoms in total. The average molecular weight is 404 g/mol. The molecule has 1 aromatic heterocycles. The number of nitrogens with one attached hydrogen (secondary N) is 2. The van der Waals surface area contributed by atoms with E-state index in [1.165, 1.54) is 0 Å². The number of morpholine rings is 1. The molecule has 4 rings (SSSR count). The largest absolute Gasteiger partial charge is 0.465 e. The van der Waals surface area contributed by atoms with Gasteiger partial charge < -0.3 is 19.8 Å². The summed E-state index contributed by atoms with van der Waals surface area (Å²) >= 11 is 0. The summed E-state index contributed by atoms with van der Waals surface area (Å²) in [5.41, 5.74) is -0.876. The topological polar surface area (TPSA) is 104 Å². The van der Waals surface area contributed by atoms with Gasteiger partial charge in [0.05, 0.1) is 19.3 Å². The number of nitrogens with zero attached hydrogens (tertiary/aromatic N) is 2. The maximum atomic E-state index is 12.7. The Morgan fingerprint density at radius 2 is 2.03 bits per heavy atom. The van der Waals surface area contributed by atoms with Gasteiger partial charge >= 0.3 is 6.03 Å². The van der Waals surface area contributed by atoms with Crippen molar-refractivity contribution in [1.29, 1.82) is 0 Å². The molecule has 158 valence electrons. The van der Waals surface area contributed by atoms with Crippen LogP contribution < -0.4 is 10.6 Å². The number of ether oxygens (including phenoxy) is 1. The minimum Gasteiger partial charge on any atom is -0.465 e. The van der Waals surface area contributed by atoms with Crippen molar-refractivity contribution in [3.63, 3.8) is 0 Å². The van der Waals surface area contributed by atoms with Gasteiger partial charge in [0.25, 0.3) is 5.91 Å². The first kappa shape index (κ1) is 19.9. The normalized spacial score (nSPS) is 26.5. The first-order chi connectivity index (χ1) is 13.9. The molecule has 2 unspecified atom stereocenters. The first-order valence-corrected chi connectivity index (χ1v) is 10.2. The zero-order valence-electron chi connectivity index (χ0n) is 16.9. The van der Waals surface area contributed by atoms with E-state index in [0.717, 1.165) is 42.4 Å². The van der Waals surface area contributed by atoms with Gasteiger partial charge in [-0.2, -0.15) is 0 Å². The number of rotatable bonds is 7. The van der Waals surface area contributed by atoms with Crippen LogP contribution >= 0.6 is 0 Å². The summed E-state index contributed by atoms with van der Waals surface area (Å²) in [6.07, 6.45) is 1.85. The van der Waals surface area contributed by atoms with Crippen molar-refractivity contribution in [2.45, 2.75) is 38.3 Å². The van der Waals surface area contributed by atoms with Crippen molar-refractivity contribution in [3.8, 4) is 0 Å². The predicted octanol–water partition coefficient (Wildman–Crippen LogP) is 0.798. The summed E-state index contributed by atoms with van der Waals surface area (Å²) in [5.74, 6) is 1.07. The number of hydrogen-bond acceptors (Lipinski definition) is 6. The molecule has 0 radical (unpaired) electrons. The smallest absolute Gasteiger partial charge is 0.325 e. The molecule has 2 saturated heterocycles. The lowest BCUT2D eigenvalue weighted by atomic mass is 9.96. The standard InChI is InChI=1S/C20H28N4O5/c1-13-3-6-16(29-13)15(23-7-9-28-10-8-23)11-21-17(25)12-24-18(26)20(2,14-4-5-14)22-19(24)27/h3,6,14-15H,4-5,7-12H2,1-2H3,(H,21,25)(H,22,27). The molecule has 2 N–H and O–H groups in total. The molecule has 3 heterocycles. The van der Waals surface area contributed by atoms with Gasteiger partial charge in [0.2, 0.25) is 5.91 Å². The fourth-order valence-electron chi connectivity index (χ4n) is 4.14. The van der Waals surface area contributed by atoms with Gasteiger partial charge in [0, 0.05) is 19.6 Å². The number of carbonyl (C=O) groups is 3. The van der Waals surface area contributed by atoms with Crippen LogP contribution in [0.1, 0.15) is 37.3 Å². The molecule has 9 heteroatoms. The third-order valence-electron chi connectivity index (χ3n) is 6.07. The molecule has 1 aliphatic carbocycles. The molecule has 0 aromatic carbocycles. The van der Waals surface area contributed by atoms with Crippen LogP contribution in [0.4, 0.5) is 4.79 Å². The van der Waals surface area contributed by atoms with Gasteiger partial charge in [0.15, 0.2) is 0 Å². The van der Waals surface area contributed by atoms with Gasteiger partial charge in [-0.1, -0.05) is 0 Å². The summed E-state index contributed by atoms with van der Waals surface area (Å²) in [6.45, 7) is 6.43. The number of amides is 4. The summed E-state index contributed by atoms with van der Waals surface area (Å²) < 4.78 is 11.2. The predicted molar refractivity (Wildman–Crippen MR) is 103 cm³/mol. The van der Waals surface area contributed by atoms with E-state index in [1.807, 2.05) is 19.1 Å². The maximum Gasteiger partial charge on any atom is 0.325 e. The zero-order valence-corrected chi connectivity index (χ0v) is 16.9. The Morgan fingerprint density at radius 1 is 1.31 bits per heavy atom. The van der Waals surface area contributed by atoms with Crippen LogP contribution in [0.2, 0.25) is 0 Å². The summed E-state index contributed by atoms with van der Waals surface area (Å²) in [7, 11) is 0. The molecule has 0 bridgehead atoms. The van der Waals surface area contributed by atoms with E-state index in [4.69, 9.17) is 9.15 Å². The Morgan fingerprint density at radius 3 is 2.66 bits per heavy atom. The second kappa shape index (κ2) is 7.79. The number of carbonyl (C=O) groups excluding carboxylic acids is 3. The Bertz CT molecular complexity index is 799. The van der Waals surface area contributed by atoms with Crippen LogP contribution in [-0.4, -0.2) is 72.6 Å². The van der Waals surface area contributed by atoms with E-state index in [0.29, 0.717) is 19.8 Å². The zero-order chi connectivity index (χ0) is 20.6. The van der Waals surface area contributed by atoms with Crippen LogP contribution in [0.25, 0.3) is 0 Å². The number of hydrogen-bond donors (Lipinski definition) is 2. The van der Waals surface area contributed by atoms with Gasteiger partial charge in [-0.3, -0.25) is 19.4 Å². The lowest BCUT2D eigenvalue weighted by Crippen LogP contribution is -2.48. The van der Waals surface area contributed by atoms with Crippen molar-refractivity contribution < 1.29 is 23.5 Å². The Labute approximate surface area is 169 Å². The highest BCUT2D eigenvalue weighted by Crippen LogP contribution is 2.42. The van der Waals surface area contributed by atoms with E-state index >= 15 is 0 Å². The molecule has 0 spiro atoms. The average Bonchev–Trinajstić information content (AvgIpc) is 3.44. The van der Waals surface area contributed by atoms with E-state index in [9.17, 15) is 14.4 Å². The Balaban J connectivity index is 1.38. The first-order valence-electron chi connectivity index (χ1n) is 10.2. The molecule has 1 saturated carbocycles. The van der Waals surface area contributed by atoms with Gasteiger partial charge in [0.1, 0.15) is 23.6 Å². The summed E-state index contributed by atoms with van der Waals surface area (Å²) in [5, 5.41) is 5.64. The van der Waals surface area contributed by atoms with E-state index in [2.05, 4.69) is 15.5 Å². The molecule has 4 amide bonds. The fourth-order valence-corrected chi connectivity index (χ4v) is 4.14. The highest BCUT2D eigenvalue weighted by molar-refractivity contribution is 6.09. The van der Waals surface area contributed by atoms with Crippen LogP contribution in [0.15, 0.2) is 16.5 Å². The monoisotopic (exact) mass is 404 g/mol. The Hall–Kier alpha value is -2.39. The lowest BCUT2D eigenvalue weighted by Gasteiger charge is -2.33. The number of furan rings is 1. The fraction of sp³-hybridized carbons (Fsp3) is 0.650. The van der Waals surface area contributed by atoms with E-state index in [1.54, 1.807) is 6.92 Å². The highest BCUT2D eigenvalue weighted by Gasteiger charge is 2.56. The highest BCUT2D eigenvalue weighted by atomic mass is 16.5. The van der Waals surface area contributed by atoms with Crippen molar-refractivity contribution in [2.24, 2.45) is 5.92 Å².